The molecule has 1 aromatic heterocycles. The van der Waals surface area contributed by atoms with Crippen LogP contribution in [0, 0.1) is 0 Å². The van der Waals surface area contributed by atoms with Gasteiger partial charge in [0.1, 0.15) is 11.5 Å². The zero-order chi connectivity index (χ0) is 11.4. The molecule has 0 bridgehead atoms. The molecule has 16 heavy (non-hydrogen) atoms. The van der Waals surface area contributed by atoms with E-state index in [1.807, 2.05) is 30.3 Å². The Morgan fingerprint density at radius 3 is 2.81 bits per heavy atom. The van der Waals surface area contributed by atoms with Gasteiger partial charge in [-0.05, 0) is 39.7 Å². The summed E-state index contributed by atoms with van der Waals surface area (Å²) in [7, 11) is 0. The first kappa shape index (κ1) is 11.4. The molecule has 0 saturated heterocycles. The number of benzene rings is 1. The van der Waals surface area contributed by atoms with Crippen molar-refractivity contribution in [2.24, 2.45) is 0 Å². The Hall–Kier alpha value is -1.06. The molecule has 0 N–H and O–H groups in total. The zero-order valence-corrected chi connectivity index (χ0v) is 10.7. The number of alkyl halides is 1. The Balaban J connectivity index is 2.24. The lowest BCUT2D eigenvalue weighted by atomic mass is 10.3. The molecule has 0 aliphatic carbocycles. The smallest absolute Gasteiger partial charge is 0.146 e. The van der Waals surface area contributed by atoms with Crippen molar-refractivity contribution >= 4 is 27.5 Å². The van der Waals surface area contributed by atoms with Gasteiger partial charge in [0, 0.05) is 12.1 Å². The molecule has 4 heteroatoms. The van der Waals surface area contributed by atoms with E-state index in [2.05, 4.69) is 20.9 Å². The number of hydrogen-bond donors (Lipinski definition) is 0. The van der Waals surface area contributed by atoms with Crippen molar-refractivity contribution in [1.29, 1.82) is 0 Å². The predicted molar refractivity (Wildman–Crippen MR) is 68.0 cm³/mol. The number of ether oxygens (including phenoxy) is 1. The molecule has 0 atom stereocenters. The molecule has 0 fully saturated rings. The van der Waals surface area contributed by atoms with Crippen LogP contribution < -0.4 is 4.74 Å². The summed E-state index contributed by atoms with van der Waals surface area (Å²) < 4.78 is 6.59. The largest absolute Gasteiger partial charge is 0.455 e. The van der Waals surface area contributed by atoms with Crippen LogP contribution in [0.15, 0.2) is 47.2 Å². The standard InChI is InChI=1S/C12H9BrClNO/c13-11-3-1-2-4-12(11)16-10-5-9(6-14)7-15-8-10/h1-5,7-8H,6H2. The second kappa shape index (κ2) is 5.32. The number of aromatic nitrogens is 1. The second-order valence-corrected chi connectivity index (χ2v) is 4.32. The summed E-state index contributed by atoms with van der Waals surface area (Å²) in [6.45, 7) is 0. The van der Waals surface area contributed by atoms with Crippen molar-refractivity contribution in [2.45, 2.75) is 5.88 Å². The average Bonchev–Trinajstić information content (AvgIpc) is 2.32. The van der Waals surface area contributed by atoms with Crippen LogP contribution in [-0.2, 0) is 5.88 Å². The highest BCUT2D eigenvalue weighted by molar-refractivity contribution is 9.10. The van der Waals surface area contributed by atoms with Gasteiger partial charge in [0.2, 0.25) is 0 Å². The summed E-state index contributed by atoms with van der Waals surface area (Å²) in [5, 5.41) is 0. The van der Waals surface area contributed by atoms with Crippen molar-refractivity contribution in [1.82, 2.24) is 4.98 Å². The maximum Gasteiger partial charge on any atom is 0.146 e. The van der Waals surface area contributed by atoms with Gasteiger partial charge in [-0.3, -0.25) is 4.98 Å². The third kappa shape index (κ3) is 2.74. The molecule has 0 aliphatic rings. The quantitative estimate of drug-likeness (QED) is 0.785. The summed E-state index contributed by atoms with van der Waals surface area (Å²) in [4.78, 5) is 4.06. The number of halogens is 2. The molecule has 0 amide bonds. The van der Waals surface area contributed by atoms with Gasteiger partial charge < -0.3 is 4.74 Å². The van der Waals surface area contributed by atoms with E-state index in [1.165, 1.54) is 0 Å². The number of hydrogen-bond acceptors (Lipinski definition) is 2. The van der Waals surface area contributed by atoms with Crippen LogP contribution in [-0.4, -0.2) is 4.98 Å². The Bertz CT molecular complexity index is 490. The zero-order valence-electron chi connectivity index (χ0n) is 8.36. The maximum atomic E-state index is 5.73. The highest BCUT2D eigenvalue weighted by atomic mass is 79.9. The fraction of sp³-hybridized carbons (Fsp3) is 0.0833. The summed E-state index contributed by atoms with van der Waals surface area (Å²) in [5.41, 5.74) is 0.936. The number of nitrogens with zero attached hydrogens (tertiary/aromatic N) is 1. The van der Waals surface area contributed by atoms with Crippen molar-refractivity contribution in [3.05, 3.63) is 52.8 Å². The maximum absolute atomic E-state index is 5.73. The van der Waals surface area contributed by atoms with E-state index in [0.29, 0.717) is 11.6 Å². The average molecular weight is 299 g/mol. The summed E-state index contributed by atoms with van der Waals surface area (Å²) >= 11 is 9.15. The van der Waals surface area contributed by atoms with Crippen LogP contribution in [0.4, 0.5) is 0 Å². The van der Waals surface area contributed by atoms with Crippen molar-refractivity contribution in [2.75, 3.05) is 0 Å². The van der Waals surface area contributed by atoms with Crippen LogP contribution >= 0.6 is 27.5 Å². The van der Waals surface area contributed by atoms with E-state index in [1.54, 1.807) is 12.4 Å². The van der Waals surface area contributed by atoms with Gasteiger partial charge in [0.05, 0.1) is 10.7 Å². The number of pyridine rings is 1. The third-order valence-corrected chi connectivity index (χ3v) is 2.95. The SMILES string of the molecule is ClCc1cncc(Oc2ccccc2Br)c1. The van der Waals surface area contributed by atoms with Crippen molar-refractivity contribution < 1.29 is 4.74 Å². The monoisotopic (exact) mass is 297 g/mol. The minimum Gasteiger partial charge on any atom is -0.455 e. The molecule has 2 aromatic rings. The van der Waals surface area contributed by atoms with Gasteiger partial charge in [-0.1, -0.05) is 12.1 Å². The van der Waals surface area contributed by atoms with Crippen molar-refractivity contribution in [3.8, 4) is 11.5 Å². The topological polar surface area (TPSA) is 22.1 Å². The number of rotatable bonds is 3. The first-order valence-corrected chi connectivity index (χ1v) is 6.04. The Labute approximate surface area is 107 Å². The van der Waals surface area contributed by atoms with Gasteiger partial charge in [0.25, 0.3) is 0 Å². The van der Waals surface area contributed by atoms with E-state index in [4.69, 9.17) is 16.3 Å². The van der Waals surface area contributed by atoms with Gasteiger partial charge in [-0.2, -0.15) is 0 Å². The molecule has 0 spiro atoms. The molecule has 82 valence electrons. The lowest BCUT2D eigenvalue weighted by molar-refractivity contribution is 0.477. The van der Waals surface area contributed by atoms with Crippen molar-refractivity contribution in [3.63, 3.8) is 0 Å². The van der Waals surface area contributed by atoms with Gasteiger partial charge in [0.15, 0.2) is 0 Å². The van der Waals surface area contributed by atoms with Crippen LogP contribution in [0.5, 0.6) is 11.5 Å². The minimum atomic E-state index is 0.431. The molecule has 0 saturated carbocycles. The molecular weight excluding hydrogens is 289 g/mol. The van der Waals surface area contributed by atoms with E-state index >= 15 is 0 Å². The van der Waals surface area contributed by atoms with Gasteiger partial charge in [-0.15, -0.1) is 11.6 Å². The molecule has 1 aromatic carbocycles. The third-order valence-electron chi connectivity index (χ3n) is 1.99. The van der Waals surface area contributed by atoms with Crippen LogP contribution in [0.2, 0.25) is 0 Å². The lowest BCUT2D eigenvalue weighted by Gasteiger charge is -2.07. The molecule has 2 nitrogen and oxygen atoms in total. The second-order valence-electron chi connectivity index (χ2n) is 3.20. The van der Waals surface area contributed by atoms with Crippen LogP contribution in [0.3, 0.4) is 0 Å². The van der Waals surface area contributed by atoms with Crippen LogP contribution in [0.1, 0.15) is 5.56 Å². The first-order chi connectivity index (χ1) is 7.79. The molecule has 2 rings (SSSR count). The highest BCUT2D eigenvalue weighted by Gasteiger charge is 2.02. The summed E-state index contributed by atoms with van der Waals surface area (Å²) in [6, 6.07) is 9.54. The van der Waals surface area contributed by atoms with Crippen LogP contribution in [0.25, 0.3) is 0 Å². The molecule has 1 heterocycles. The summed E-state index contributed by atoms with van der Waals surface area (Å²) in [5.74, 6) is 1.88. The lowest BCUT2D eigenvalue weighted by Crippen LogP contribution is -1.88. The molecular formula is C12H9BrClNO. The Morgan fingerprint density at radius 1 is 1.25 bits per heavy atom. The summed E-state index contributed by atoms with van der Waals surface area (Å²) in [6.07, 6.45) is 3.38. The van der Waals surface area contributed by atoms with Gasteiger partial charge >= 0.3 is 0 Å². The fourth-order valence-electron chi connectivity index (χ4n) is 1.25. The number of para-hydroxylation sites is 1. The Morgan fingerprint density at radius 2 is 2.06 bits per heavy atom. The van der Waals surface area contributed by atoms with E-state index in [9.17, 15) is 0 Å². The van der Waals surface area contributed by atoms with E-state index in [-0.39, 0.29) is 0 Å². The minimum absolute atomic E-state index is 0.431. The normalized spacial score (nSPS) is 10.1. The molecule has 0 radical (unpaired) electrons. The van der Waals surface area contributed by atoms with Gasteiger partial charge in [-0.25, -0.2) is 0 Å². The molecule has 0 unspecified atom stereocenters. The Kier molecular flexibility index (Phi) is 3.80. The van der Waals surface area contributed by atoms with E-state index < -0.39 is 0 Å². The fourth-order valence-corrected chi connectivity index (χ4v) is 1.76. The first-order valence-electron chi connectivity index (χ1n) is 4.72. The van der Waals surface area contributed by atoms with E-state index in [0.717, 1.165) is 15.8 Å². The highest BCUT2D eigenvalue weighted by Crippen LogP contribution is 2.29. The predicted octanol–water partition coefficient (Wildman–Crippen LogP) is 4.38. The molecule has 0 aliphatic heterocycles.